The van der Waals surface area contributed by atoms with E-state index < -0.39 is 6.17 Å². The van der Waals surface area contributed by atoms with Crippen LogP contribution >= 0.6 is 0 Å². The Morgan fingerprint density at radius 1 is 1.50 bits per heavy atom. The van der Waals surface area contributed by atoms with Gasteiger partial charge < -0.3 is 9.64 Å². The summed E-state index contributed by atoms with van der Waals surface area (Å²) >= 11 is 0. The molecule has 1 aliphatic carbocycles. The molecule has 0 aliphatic heterocycles. The number of halogens is 1. The highest BCUT2D eigenvalue weighted by Gasteiger charge is 2.37. The monoisotopic (exact) mass is 277 g/mol. The Kier molecular flexibility index (Phi) is 4.42. The fraction of sp³-hybridized carbons (Fsp3) is 0.438. The Balaban J connectivity index is 2.21. The zero-order chi connectivity index (χ0) is 14.7. The molecule has 1 fully saturated rings. The van der Waals surface area contributed by atoms with Gasteiger partial charge in [-0.1, -0.05) is 12.6 Å². The van der Waals surface area contributed by atoms with Crippen LogP contribution in [0.5, 0.6) is 5.75 Å². The molecule has 0 unspecified atom stereocenters. The van der Waals surface area contributed by atoms with E-state index in [1.54, 1.807) is 12.0 Å². The van der Waals surface area contributed by atoms with E-state index in [0.717, 1.165) is 16.9 Å². The Morgan fingerprint density at radius 3 is 2.75 bits per heavy atom. The third-order valence-electron chi connectivity index (χ3n) is 3.71. The molecule has 4 heteroatoms. The SMILES string of the molecule is C=CC(=O)N(Cc1cc(C)cc(OC)c1)[C@@H]1CC[C@@H]1F. The van der Waals surface area contributed by atoms with Gasteiger partial charge in [-0.25, -0.2) is 4.39 Å². The molecule has 0 heterocycles. The molecule has 20 heavy (non-hydrogen) atoms. The normalized spacial score (nSPS) is 20.9. The summed E-state index contributed by atoms with van der Waals surface area (Å²) in [5.41, 5.74) is 1.99. The van der Waals surface area contributed by atoms with Gasteiger partial charge in [-0.2, -0.15) is 0 Å². The van der Waals surface area contributed by atoms with Crippen molar-refractivity contribution < 1.29 is 13.9 Å². The van der Waals surface area contributed by atoms with Gasteiger partial charge in [-0.15, -0.1) is 0 Å². The second kappa shape index (κ2) is 6.07. The van der Waals surface area contributed by atoms with Gasteiger partial charge in [0.05, 0.1) is 13.2 Å². The predicted molar refractivity (Wildman–Crippen MR) is 76.4 cm³/mol. The summed E-state index contributed by atoms with van der Waals surface area (Å²) in [6, 6.07) is 5.46. The fourth-order valence-electron chi connectivity index (χ4n) is 2.50. The molecule has 0 radical (unpaired) electrons. The van der Waals surface area contributed by atoms with Gasteiger partial charge in [0.25, 0.3) is 0 Å². The lowest BCUT2D eigenvalue weighted by Crippen LogP contribution is -2.50. The zero-order valence-corrected chi connectivity index (χ0v) is 11.9. The number of nitrogens with zero attached hydrogens (tertiary/aromatic N) is 1. The number of hydrogen-bond acceptors (Lipinski definition) is 2. The molecule has 2 atom stereocenters. The minimum absolute atomic E-state index is 0.224. The van der Waals surface area contributed by atoms with Crippen LogP contribution in [0.25, 0.3) is 0 Å². The number of benzene rings is 1. The number of aryl methyl sites for hydroxylation is 1. The van der Waals surface area contributed by atoms with Crippen LogP contribution in [0.4, 0.5) is 4.39 Å². The zero-order valence-electron chi connectivity index (χ0n) is 11.9. The van der Waals surface area contributed by atoms with Crippen molar-refractivity contribution in [3.8, 4) is 5.75 Å². The molecule has 0 aromatic heterocycles. The first-order valence-corrected chi connectivity index (χ1v) is 6.77. The van der Waals surface area contributed by atoms with E-state index >= 15 is 0 Å². The average molecular weight is 277 g/mol. The first kappa shape index (κ1) is 14.6. The standard InChI is InChI=1S/C16H20FNO2/c1-4-16(19)18(15-6-5-14(15)17)10-12-7-11(2)8-13(9-12)20-3/h4,7-9,14-15H,1,5-6,10H2,2-3H3/t14-,15+/m0/s1. The number of carbonyl (C=O) groups is 1. The smallest absolute Gasteiger partial charge is 0.246 e. The van der Waals surface area contributed by atoms with Crippen LogP contribution in [0.1, 0.15) is 24.0 Å². The summed E-state index contributed by atoms with van der Waals surface area (Å²) in [6.45, 7) is 5.85. The van der Waals surface area contributed by atoms with Crippen LogP contribution in [-0.4, -0.2) is 30.1 Å². The molecule has 0 N–H and O–H groups in total. The number of methoxy groups -OCH3 is 1. The van der Waals surface area contributed by atoms with Crippen LogP contribution in [-0.2, 0) is 11.3 Å². The minimum Gasteiger partial charge on any atom is -0.497 e. The Morgan fingerprint density at radius 2 is 2.25 bits per heavy atom. The van der Waals surface area contributed by atoms with Gasteiger partial charge >= 0.3 is 0 Å². The van der Waals surface area contributed by atoms with E-state index in [1.165, 1.54) is 6.08 Å². The van der Waals surface area contributed by atoms with Crippen molar-refractivity contribution in [1.29, 1.82) is 0 Å². The molecule has 0 spiro atoms. The van der Waals surface area contributed by atoms with Crippen molar-refractivity contribution in [3.05, 3.63) is 42.0 Å². The van der Waals surface area contributed by atoms with Crippen LogP contribution in [0.15, 0.2) is 30.9 Å². The van der Waals surface area contributed by atoms with Gasteiger partial charge in [-0.05, 0) is 49.1 Å². The molecule has 2 rings (SSSR count). The van der Waals surface area contributed by atoms with Crippen LogP contribution in [0, 0.1) is 6.92 Å². The van der Waals surface area contributed by atoms with Gasteiger partial charge in [0.2, 0.25) is 5.91 Å². The van der Waals surface area contributed by atoms with Crippen LogP contribution in [0.3, 0.4) is 0 Å². The van der Waals surface area contributed by atoms with Gasteiger partial charge in [0, 0.05) is 6.54 Å². The minimum atomic E-state index is -0.925. The van der Waals surface area contributed by atoms with E-state index in [0.29, 0.717) is 19.4 Å². The molecule has 1 aromatic rings. The maximum Gasteiger partial charge on any atom is 0.246 e. The van der Waals surface area contributed by atoms with Crippen molar-refractivity contribution in [3.63, 3.8) is 0 Å². The quantitative estimate of drug-likeness (QED) is 0.774. The molecule has 108 valence electrons. The second-order valence-corrected chi connectivity index (χ2v) is 5.19. The number of carbonyl (C=O) groups excluding carboxylic acids is 1. The summed E-state index contributed by atoms with van der Waals surface area (Å²) in [5, 5.41) is 0. The van der Waals surface area contributed by atoms with E-state index in [4.69, 9.17) is 4.74 Å². The average Bonchev–Trinajstić information content (AvgIpc) is 2.43. The lowest BCUT2D eigenvalue weighted by Gasteiger charge is -2.40. The van der Waals surface area contributed by atoms with Crippen molar-refractivity contribution in [1.82, 2.24) is 4.90 Å². The number of ether oxygens (including phenoxy) is 1. The van der Waals surface area contributed by atoms with E-state index in [1.807, 2.05) is 25.1 Å². The molecule has 0 bridgehead atoms. The van der Waals surface area contributed by atoms with Crippen molar-refractivity contribution in [2.24, 2.45) is 0 Å². The summed E-state index contributed by atoms with van der Waals surface area (Å²) in [7, 11) is 1.61. The topological polar surface area (TPSA) is 29.5 Å². The number of amides is 1. The second-order valence-electron chi connectivity index (χ2n) is 5.19. The van der Waals surface area contributed by atoms with E-state index in [9.17, 15) is 9.18 Å². The van der Waals surface area contributed by atoms with Crippen molar-refractivity contribution in [2.45, 2.75) is 38.5 Å². The van der Waals surface area contributed by atoms with Gasteiger partial charge in [0.1, 0.15) is 11.9 Å². The lowest BCUT2D eigenvalue weighted by atomic mass is 9.88. The molecular weight excluding hydrogens is 257 g/mol. The molecule has 1 saturated carbocycles. The number of rotatable bonds is 5. The molecule has 1 amide bonds. The maximum absolute atomic E-state index is 13.6. The Bertz CT molecular complexity index is 515. The molecule has 1 aromatic carbocycles. The van der Waals surface area contributed by atoms with Crippen molar-refractivity contribution in [2.75, 3.05) is 7.11 Å². The number of hydrogen-bond donors (Lipinski definition) is 0. The summed E-state index contributed by atoms with van der Waals surface area (Å²) in [6.07, 6.45) is 1.57. The van der Waals surface area contributed by atoms with E-state index in [2.05, 4.69) is 6.58 Å². The number of alkyl halides is 1. The van der Waals surface area contributed by atoms with E-state index in [-0.39, 0.29) is 11.9 Å². The first-order chi connectivity index (χ1) is 9.55. The van der Waals surface area contributed by atoms with Gasteiger partial charge in [-0.3, -0.25) is 4.79 Å². The third-order valence-corrected chi connectivity index (χ3v) is 3.71. The van der Waals surface area contributed by atoms with Gasteiger partial charge in [0.15, 0.2) is 0 Å². The van der Waals surface area contributed by atoms with Crippen LogP contribution < -0.4 is 4.74 Å². The highest BCUT2D eigenvalue weighted by molar-refractivity contribution is 5.87. The fourth-order valence-corrected chi connectivity index (χ4v) is 2.50. The molecular formula is C16H20FNO2. The first-order valence-electron chi connectivity index (χ1n) is 6.77. The largest absolute Gasteiger partial charge is 0.497 e. The highest BCUT2D eigenvalue weighted by atomic mass is 19.1. The molecule has 3 nitrogen and oxygen atoms in total. The van der Waals surface area contributed by atoms with Crippen LogP contribution in [0.2, 0.25) is 0 Å². The predicted octanol–water partition coefficient (Wildman–Crippen LogP) is 3.02. The lowest BCUT2D eigenvalue weighted by molar-refractivity contribution is -0.133. The van der Waals surface area contributed by atoms with Crippen molar-refractivity contribution >= 4 is 5.91 Å². The Hall–Kier alpha value is -1.84. The molecule has 0 saturated heterocycles. The maximum atomic E-state index is 13.6. The Labute approximate surface area is 119 Å². The summed E-state index contributed by atoms with van der Waals surface area (Å²) < 4.78 is 18.8. The highest BCUT2D eigenvalue weighted by Crippen LogP contribution is 2.30. The molecule has 1 aliphatic rings. The summed E-state index contributed by atoms with van der Waals surface area (Å²) in [5.74, 6) is 0.522. The summed E-state index contributed by atoms with van der Waals surface area (Å²) in [4.78, 5) is 13.5. The third kappa shape index (κ3) is 3.00.